The third-order valence-electron chi connectivity index (χ3n) is 4.64. The molecule has 0 radical (unpaired) electrons. The topological polar surface area (TPSA) is 6.48 Å². The van der Waals surface area contributed by atoms with Gasteiger partial charge < -0.3 is 9.80 Å². The Balaban J connectivity index is 2.07. The van der Waals surface area contributed by atoms with E-state index in [0.29, 0.717) is 6.04 Å². The third kappa shape index (κ3) is 3.55. The molecule has 0 amide bonds. The van der Waals surface area contributed by atoms with Crippen molar-refractivity contribution in [3.05, 3.63) is 22.9 Å². The standard InChI is InChI=1S/C16H27ClN2/c1-12(2)15-9-10-19(11-16(15)18(3)4)14-7-5-13(17)6-8-14/h5,7,12,15-16H,6,8-11H2,1-4H3/t15-,16-/m0/s1. The number of rotatable bonds is 3. The lowest BCUT2D eigenvalue weighted by molar-refractivity contribution is 0.0750. The summed E-state index contributed by atoms with van der Waals surface area (Å²) in [6, 6.07) is 0.663. The van der Waals surface area contributed by atoms with E-state index < -0.39 is 0 Å². The molecule has 1 heterocycles. The molecule has 2 aliphatic rings. The van der Waals surface area contributed by atoms with Gasteiger partial charge in [-0.2, -0.15) is 0 Å². The molecule has 0 bridgehead atoms. The largest absolute Gasteiger partial charge is 0.373 e. The van der Waals surface area contributed by atoms with Crippen molar-refractivity contribution >= 4 is 11.6 Å². The highest BCUT2D eigenvalue weighted by molar-refractivity contribution is 6.29. The molecule has 19 heavy (non-hydrogen) atoms. The molecule has 0 spiro atoms. The quantitative estimate of drug-likeness (QED) is 0.779. The van der Waals surface area contributed by atoms with Crippen LogP contribution in [0.15, 0.2) is 22.9 Å². The average Bonchev–Trinajstić information content (AvgIpc) is 2.38. The molecule has 2 nitrogen and oxygen atoms in total. The average molecular weight is 283 g/mol. The zero-order valence-electron chi connectivity index (χ0n) is 12.7. The number of hydrogen-bond acceptors (Lipinski definition) is 2. The Morgan fingerprint density at radius 2 is 2.00 bits per heavy atom. The maximum atomic E-state index is 6.05. The lowest BCUT2D eigenvalue weighted by Gasteiger charge is -2.45. The van der Waals surface area contributed by atoms with Crippen molar-refractivity contribution in [3.8, 4) is 0 Å². The van der Waals surface area contributed by atoms with Crippen LogP contribution in [-0.2, 0) is 0 Å². The SMILES string of the molecule is CC(C)[C@@H]1CCN(C2=CC=C(Cl)CC2)C[C@@H]1N(C)C. The minimum atomic E-state index is 0.663. The number of likely N-dealkylation sites (N-methyl/N-ethyl adjacent to an activating group) is 1. The van der Waals surface area contributed by atoms with Gasteiger partial charge in [-0.05, 0) is 57.3 Å². The van der Waals surface area contributed by atoms with Gasteiger partial charge in [0.2, 0.25) is 0 Å². The van der Waals surface area contributed by atoms with E-state index in [0.717, 1.165) is 36.3 Å². The highest BCUT2D eigenvalue weighted by atomic mass is 35.5. The Morgan fingerprint density at radius 3 is 2.53 bits per heavy atom. The molecule has 3 heteroatoms. The van der Waals surface area contributed by atoms with E-state index in [1.807, 2.05) is 0 Å². The smallest absolute Gasteiger partial charge is 0.0333 e. The molecule has 1 aliphatic heterocycles. The number of piperidine rings is 1. The molecule has 1 saturated heterocycles. The molecule has 0 aromatic heterocycles. The fourth-order valence-corrected chi connectivity index (χ4v) is 3.56. The molecule has 1 aliphatic carbocycles. The van der Waals surface area contributed by atoms with Gasteiger partial charge >= 0.3 is 0 Å². The summed E-state index contributed by atoms with van der Waals surface area (Å²) in [5, 5.41) is 0.991. The van der Waals surface area contributed by atoms with Crippen LogP contribution in [0.25, 0.3) is 0 Å². The van der Waals surface area contributed by atoms with Crippen molar-refractivity contribution in [1.82, 2.24) is 9.80 Å². The lowest BCUT2D eigenvalue weighted by atomic mass is 9.81. The normalized spacial score (nSPS) is 28.7. The second kappa shape index (κ2) is 6.32. The predicted molar refractivity (Wildman–Crippen MR) is 83.2 cm³/mol. The second-order valence-electron chi connectivity index (χ2n) is 6.45. The highest BCUT2D eigenvalue weighted by Gasteiger charge is 2.33. The van der Waals surface area contributed by atoms with Gasteiger partial charge in [-0.15, -0.1) is 0 Å². The Bertz CT molecular complexity index is 371. The van der Waals surface area contributed by atoms with Gasteiger partial charge in [-0.1, -0.05) is 25.4 Å². The molecule has 0 unspecified atom stereocenters. The van der Waals surface area contributed by atoms with Crippen LogP contribution < -0.4 is 0 Å². The molecular weight excluding hydrogens is 256 g/mol. The Labute approximate surface area is 123 Å². The molecular formula is C16H27ClN2. The molecule has 0 N–H and O–H groups in total. The third-order valence-corrected chi connectivity index (χ3v) is 4.95. The summed E-state index contributed by atoms with van der Waals surface area (Å²) in [5.74, 6) is 1.58. The van der Waals surface area contributed by atoms with E-state index in [9.17, 15) is 0 Å². The second-order valence-corrected chi connectivity index (χ2v) is 6.93. The summed E-state index contributed by atoms with van der Waals surface area (Å²) in [4.78, 5) is 4.98. The van der Waals surface area contributed by atoms with Gasteiger partial charge in [0.1, 0.15) is 0 Å². The van der Waals surface area contributed by atoms with Crippen molar-refractivity contribution in [2.45, 2.75) is 39.2 Å². The van der Waals surface area contributed by atoms with Gasteiger partial charge in [0.15, 0.2) is 0 Å². The highest BCUT2D eigenvalue weighted by Crippen LogP contribution is 2.32. The molecule has 0 aromatic rings. The van der Waals surface area contributed by atoms with Crippen molar-refractivity contribution < 1.29 is 0 Å². The van der Waals surface area contributed by atoms with E-state index >= 15 is 0 Å². The molecule has 2 rings (SSSR count). The van der Waals surface area contributed by atoms with E-state index in [1.54, 1.807) is 0 Å². The molecule has 1 fully saturated rings. The maximum absolute atomic E-state index is 6.05. The maximum Gasteiger partial charge on any atom is 0.0333 e. The number of nitrogens with zero attached hydrogens (tertiary/aromatic N) is 2. The Kier molecular flexibility index (Phi) is 4.97. The first kappa shape index (κ1) is 14.9. The summed E-state index contributed by atoms with van der Waals surface area (Å²) >= 11 is 6.05. The van der Waals surface area contributed by atoms with E-state index in [2.05, 4.69) is 49.9 Å². The first-order valence-corrected chi connectivity index (χ1v) is 7.83. The number of likely N-dealkylation sites (tertiary alicyclic amines) is 1. The van der Waals surface area contributed by atoms with Crippen LogP contribution >= 0.6 is 11.6 Å². The fraction of sp³-hybridized carbons (Fsp3) is 0.750. The Morgan fingerprint density at radius 1 is 1.26 bits per heavy atom. The lowest BCUT2D eigenvalue weighted by Crippen LogP contribution is -2.51. The molecule has 2 atom stereocenters. The minimum Gasteiger partial charge on any atom is -0.373 e. The van der Waals surface area contributed by atoms with Crippen molar-refractivity contribution in [2.24, 2.45) is 11.8 Å². The Hall–Kier alpha value is -0.470. The predicted octanol–water partition coefficient (Wildman–Crippen LogP) is 3.69. The summed E-state index contributed by atoms with van der Waals surface area (Å²) in [7, 11) is 4.44. The van der Waals surface area contributed by atoms with Crippen molar-refractivity contribution in [3.63, 3.8) is 0 Å². The zero-order valence-corrected chi connectivity index (χ0v) is 13.5. The van der Waals surface area contributed by atoms with Gasteiger partial charge in [0.05, 0.1) is 0 Å². The van der Waals surface area contributed by atoms with E-state index in [-0.39, 0.29) is 0 Å². The van der Waals surface area contributed by atoms with Crippen molar-refractivity contribution in [1.29, 1.82) is 0 Å². The molecule has 0 aromatic carbocycles. The van der Waals surface area contributed by atoms with E-state index in [4.69, 9.17) is 11.6 Å². The molecule has 0 saturated carbocycles. The van der Waals surface area contributed by atoms with E-state index in [1.165, 1.54) is 18.7 Å². The summed E-state index contributed by atoms with van der Waals surface area (Å²) < 4.78 is 0. The minimum absolute atomic E-state index is 0.663. The summed E-state index contributed by atoms with van der Waals surface area (Å²) in [6.45, 7) is 7.08. The van der Waals surface area contributed by atoms with Crippen molar-refractivity contribution in [2.75, 3.05) is 27.2 Å². The van der Waals surface area contributed by atoms with Gasteiger partial charge in [-0.25, -0.2) is 0 Å². The number of halogens is 1. The first-order chi connectivity index (χ1) is 8.99. The van der Waals surface area contributed by atoms with Gasteiger partial charge in [0, 0.05) is 29.9 Å². The van der Waals surface area contributed by atoms with Gasteiger partial charge in [0.25, 0.3) is 0 Å². The monoisotopic (exact) mass is 282 g/mol. The first-order valence-electron chi connectivity index (χ1n) is 7.45. The summed E-state index contributed by atoms with van der Waals surface area (Å²) in [6.07, 6.45) is 7.69. The van der Waals surface area contributed by atoms with Crippen LogP contribution in [0, 0.1) is 11.8 Å². The fourth-order valence-electron chi connectivity index (χ4n) is 3.40. The van der Waals surface area contributed by atoms with Crippen LogP contribution in [0.5, 0.6) is 0 Å². The van der Waals surface area contributed by atoms with Gasteiger partial charge in [-0.3, -0.25) is 0 Å². The van der Waals surface area contributed by atoms with Crippen LogP contribution in [0.1, 0.15) is 33.1 Å². The zero-order chi connectivity index (χ0) is 14.0. The van der Waals surface area contributed by atoms with Crippen LogP contribution in [0.2, 0.25) is 0 Å². The number of allylic oxidation sites excluding steroid dienone is 4. The summed E-state index contributed by atoms with van der Waals surface area (Å²) in [5.41, 5.74) is 1.47. The number of hydrogen-bond donors (Lipinski definition) is 0. The van der Waals surface area contributed by atoms with Crippen LogP contribution in [0.4, 0.5) is 0 Å². The van der Waals surface area contributed by atoms with Crippen LogP contribution in [-0.4, -0.2) is 43.0 Å². The molecule has 108 valence electrons. The van der Waals surface area contributed by atoms with Crippen LogP contribution in [0.3, 0.4) is 0 Å².